The van der Waals surface area contributed by atoms with Crippen LogP contribution in [0.5, 0.6) is 0 Å². The first-order chi connectivity index (χ1) is 7.58. The highest BCUT2D eigenvalue weighted by molar-refractivity contribution is 9.11. The Morgan fingerprint density at radius 1 is 1.50 bits per heavy atom. The zero-order valence-electron chi connectivity index (χ0n) is 7.78. The fraction of sp³-hybridized carbons (Fsp3) is 0. The molecule has 0 aliphatic rings. The van der Waals surface area contributed by atoms with E-state index in [-0.39, 0.29) is 5.69 Å². The van der Waals surface area contributed by atoms with Gasteiger partial charge < -0.3 is 5.11 Å². The summed E-state index contributed by atoms with van der Waals surface area (Å²) in [5.74, 6) is -1.04. The second kappa shape index (κ2) is 4.53. The number of aromatic nitrogens is 1. The summed E-state index contributed by atoms with van der Waals surface area (Å²) in [6, 6.07) is 7.14. The standard InChI is InChI=1S/C10H5BrClNO2S/c11-8-7(10(14)15)13-9(16-8)5-2-1-3-6(12)4-5/h1-4H,(H,14,15). The van der Waals surface area contributed by atoms with Crippen molar-refractivity contribution in [3.63, 3.8) is 0 Å². The van der Waals surface area contributed by atoms with Crippen molar-refractivity contribution in [3.8, 4) is 10.6 Å². The second-order valence-electron chi connectivity index (χ2n) is 2.96. The molecule has 0 amide bonds. The molecule has 0 atom stereocenters. The van der Waals surface area contributed by atoms with Crippen LogP contribution in [0.25, 0.3) is 10.6 Å². The van der Waals surface area contributed by atoms with Crippen molar-refractivity contribution < 1.29 is 9.90 Å². The number of carbonyl (C=O) groups is 1. The van der Waals surface area contributed by atoms with Crippen molar-refractivity contribution in [1.29, 1.82) is 0 Å². The predicted molar refractivity (Wildman–Crippen MR) is 67.2 cm³/mol. The Balaban J connectivity index is 2.49. The van der Waals surface area contributed by atoms with E-state index in [4.69, 9.17) is 16.7 Å². The molecule has 82 valence electrons. The summed E-state index contributed by atoms with van der Waals surface area (Å²) >= 11 is 10.3. The lowest BCUT2D eigenvalue weighted by atomic mass is 10.2. The van der Waals surface area contributed by atoms with E-state index in [1.54, 1.807) is 18.2 Å². The normalized spacial score (nSPS) is 10.4. The highest BCUT2D eigenvalue weighted by atomic mass is 79.9. The van der Waals surface area contributed by atoms with Gasteiger partial charge in [-0.1, -0.05) is 23.7 Å². The molecule has 0 fully saturated rings. The summed E-state index contributed by atoms with van der Waals surface area (Å²) in [7, 11) is 0. The lowest BCUT2D eigenvalue weighted by molar-refractivity contribution is 0.0690. The van der Waals surface area contributed by atoms with Gasteiger partial charge in [-0.15, -0.1) is 11.3 Å². The maximum Gasteiger partial charge on any atom is 0.356 e. The van der Waals surface area contributed by atoms with Crippen LogP contribution < -0.4 is 0 Å². The molecule has 6 heteroatoms. The molecule has 0 radical (unpaired) electrons. The Morgan fingerprint density at radius 3 is 2.81 bits per heavy atom. The van der Waals surface area contributed by atoms with Crippen molar-refractivity contribution in [2.24, 2.45) is 0 Å². The average molecular weight is 319 g/mol. The highest BCUT2D eigenvalue weighted by Gasteiger charge is 2.16. The van der Waals surface area contributed by atoms with Crippen molar-refractivity contribution in [2.75, 3.05) is 0 Å². The van der Waals surface area contributed by atoms with E-state index in [0.29, 0.717) is 13.8 Å². The van der Waals surface area contributed by atoms with Gasteiger partial charge in [0.05, 0.1) is 0 Å². The third kappa shape index (κ3) is 2.26. The summed E-state index contributed by atoms with van der Waals surface area (Å²) in [6.45, 7) is 0. The monoisotopic (exact) mass is 317 g/mol. The molecule has 0 saturated carbocycles. The number of aromatic carboxylic acids is 1. The molecule has 3 nitrogen and oxygen atoms in total. The summed E-state index contributed by atoms with van der Waals surface area (Å²) in [5.41, 5.74) is 0.839. The van der Waals surface area contributed by atoms with Gasteiger partial charge in [-0.3, -0.25) is 0 Å². The van der Waals surface area contributed by atoms with Crippen molar-refractivity contribution in [2.45, 2.75) is 0 Å². The van der Waals surface area contributed by atoms with Crippen molar-refractivity contribution >= 4 is 44.8 Å². The Labute approximate surface area is 109 Å². The second-order valence-corrected chi connectivity index (χ2v) is 5.71. The SMILES string of the molecule is O=C(O)c1nc(-c2cccc(Cl)c2)sc1Br. The molecule has 1 heterocycles. The van der Waals surface area contributed by atoms with Gasteiger partial charge in [0.1, 0.15) is 8.79 Å². The molecule has 0 aliphatic heterocycles. The summed E-state index contributed by atoms with van der Waals surface area (Å²) < 4.78 is 0.509. The maximum absolute atomic E-state index is 10.8. The third-order valence-electron chi connectivity index (χ3n) is 1.86. The van der Waals surface area contributed by atoms with Crippen LogP contribution in [0, 0.1) is 0 Å². The topological polar surface area (TPSA) is 50.2 Å². The minimum absolute atomic E-state index is 0.0278. The maximum atomic E-state index is 10.8. The van der Waals surface area contributed by atoms with Crippen LogP contribution in [0.4, 0.5) is 0 Å². The van der Waals surface area contributed by atoms with Gasteiger partial charge in [-0.25, -0.2) is 9.78 Å². The van der Waals surface area contributed by atoms with Crippen molar-refractivity contribution in [1.82, 2.24) is 4.98 Å². The average Bonchev–Trinajstić information content (AvgIpc) is 2.60. The number of carboxylic acid groups (broad SMARTS) is 1. The van der Waals surface area contributed by atoms with E-state index in [2.05, 4.69) is 20.9 Å². The van der Waals surface area contributed by atoms with Crippen LogP contribution in [0.15, 0.2) is 28.1 Å². The Bertz CT molecular complexity index is 556. The zero-order valence-corrected chi connectivity index (χ0v) is 10.9. The van der Waals surface area contributed by atoms with E-state index >= 15 is 0 Å². The van der Waals surface area contributed by atoms with E-state index < -0.39 is 5.97 Å². The molecule has 16 heavy (non-hydrogen) atoms. The van der Waals surface area contributed by atoms with Gasteiger partial charge >= 0.3 is 5.97 Å². The molecule has 2 rings (SSSR count). The molecule has 0 bridgehead atoms. The van der Waals surface area contributed by atoms with Crippen LogP contribution in [-0.2, 0) is 0 Å². The van der Waals surface area contributed by atoms with Gasteiger partial charge in [0.15, 0.2) is 5.69 Å². The number of hydrogen-bond donors (Lipinski definition) is 1. The third-order valence-corrected chi connectivity index (χ3v) is 3.85. The largest absolute Gasteiger partial charge is 0.476 e. The molecule has 1 aromatic carbocycles. The molecule has 1 N–H and O–H groups in total. The Hall–Kier alpha value is -0.910. The van der Waals surface area contributed by atoms with Gasteiger partial charge in [0.25, 0.3) is 0 Å². The van der Waals surface area contributed by atoms with Crippen LogP contribution in [0.3, 0.4) is 0 Å². The first kappa shape index (κ1) is 11.6. The van der Waals surface area contributed by atoms with Crippen LogP contribution in [-0.4, -0.2) is 16.1 Å². The first-order valence-electron chi connectivity index (χ1n) is 4.23. The first-order valence-corrected chi connectivity index (χ1v) is 6.22. The van der Waals surface area contributed by atoms with E-state index in [1.807, 2.05) is 6.07 Å². The fourth-order valence-corrected chi connectivity index (χ4v) is 2.87. The summed E-state index contributed by atoms with van der Waals surface area (Å²) in [4.78, 5) is 14.9. The van der Waals surface area contributed by atoms with Gasteiger partial charge in [-0.05, 0) is 28.1 Å². The lowest BCUT2D eigenvalue weighted by Gasteiger charge is -1.95. The lowest BCUT2D eigenvalue weighted by Crippen LogP contribution is -1.96. The Morgan fingerprint density at radius 2 is 2.25 bits per heavy atom. The van der Waals surface area contributed by atoms with E-state index in [1.165, 1.54) is 11.3 Å². The number of thiazole rings is 1. The Kier molecular flexibility index (Phi) is 3.28. The number of benzene rings is 1. The molecule has 0 saturated heterocycles. The summed E-state index contributed by atoms with van der Waals surface area (Å²) in [6.07, 6.45) is 0. The smallest absolute Gasteiger partial charge is 0.356 e. The number of rotatable bonds is 2. The molecular formula is C10H5BrClNO2S. The fourth-order valence-electron chi connectivity index (χ4n) is 1.18. The minimum atomic E-state index is -1.04. The molecule has 0 spiro atoms. The number of hydrogen-bond acceptors (Lipinski definition) is 3. The van der Waals surface area contributed by atoms with Gasteiger partial charge in [0.2, 0.25) is 0 Å². The van der Waals surface area contributed by atoms with Gasteiger partial charge in [0, 0.05) is 10.6 Å². The molecule has 0 aliphatic carbocycles. The van der Waals surface area contributed by atoms with E-state index in [9.17, 15) is 4.79 Å². The van der Waals surface area contributed by atoms with E-state index in [0.717, 1.165) is 5.56 Å². The van der Waals surface area contributed by atoms with Crippen LogP contribution in [0.2, 0.25) is 5.02 Å². The molecule has 1 aromatic heterocycles. The number of nitrogens with zero attached hydrogens (tertiary/aromatic N) is 1. The quantitative estimate of drug-likeness (QED) is 0.913. The molecule has 0 unspecified atom stereocenters. The number of carboxylic acids is 1. The summed E-state index contributed by atoms with van der Waals surface area (Å²) in [5, 5.41) is 10.1. The minimum Gasteiger partial charge on any atom is -0.476 e. The zero-order chi connectivity index (χ0) is 11.7. The number of halogens is 2. The van der Waals surface area contributed by atoms with Crippen molar-refractivity contribution in [3.05, 3.63) is 38.8 Å². The predicted octanol–water partition coefficient (Wildman–Crippen LogP) is 3.92. The van der Waals surface area contributed by atoms with Crippen LogP contribution >= 0.6 is 38.9 Å². The van der Waals surface area contributed by atoms with Crippen LogP contribution in [0.1, 0.15) is 10.5 Å². The molecular weight excluding hydrogens is 314 g/mol. The van der Waals surface area contributed by atoms with Gasteiger partial charge in [-0.2, -0.15) is 0 Å². The molecule has 2 aromatic rings. The highest BCUT2D eigenvalue weighted by Crippen LogP contribution is 2.32.